The first kappa shape index (κ1) is 15.2. The van der Waals surface area contributed by atoms with Crippen molar-refractivity contribution in [3.8, 4) is 0 Å². The van der Waals surface area contributed by atoms with E-state index in [1.807, 2.05) is 24.3 Å². The molecule has 0 aliphatic heterocycles. The Morgan fingerprint density at radius 2 is 1.90 bits per heavy atom. The van der Waals surface area contributed by atoms with Gasteiger partial charge in [-0.25, -0.2) is 4.39 Å². The number of halogens is 3. The molecule has 2 nitrogen and oxygen atoms in total. The van der Waals surface area contributed by atoms with E-state index in [0.29, 0.717) is 11.0 Å². The van der Waals surface area contributed by atoms with Crippen LogP contribution in [0.2, 0.25) is 0 Å². The minimum Gasteiger partial charge on any atom is -0.337 e. The molecule has 0 saturated heterocycles. The maximum Gasteiger partial charge on any atom is 0.256 e. The van der Waals surface area contributed by atoms with Crippen LogP contribution in [-0.2, 0) is 6.54 Å². The molecule has 0 aliphatic carbocycles. The summed E-state index contributed by atoms with van der Waals surface area (Å²) in [5.74, 6) is -0.873. The summed E-state index contributed by atoms with van der Waals surface area (Å²) in [5, 5.41) is 0. The first-order valence-corrected chi connectivity index (χ1v) is 7.51. The molecule has 1 amide bonds. The van der Waals surface area contributed by atoms with Crippen LogP contribution in [0.25, 0.3) is 0 Å². The van der Waals surface area contributed by atoms with E-state index in [9.17, 15) is 9.18 Å². The van der Waals surface area contributed by atoms with Crippen molar-refractivity contribution < 1.29 is 9.18 Å². The van der Waals surface area contributed by atoms with Gasteiger partial charge in [-0.1, -0.05) is 34.1 Å². The number of hydrogen-bond acceptors (Lipinski definition) is 1. The molecule has 0 aliphatic rings. The van der Waals surface area contributed by atoms with Crippen molar-refractivity contribution in [3.63, 3.8) is 0 Å². The van der Waals surface area contributed by atoms with Gasteiger partial charge in [0, 0.05) is 18.1 Å². The minimum absolute atomic E-state index is 0.0665. The fourth-order valence-electron chi connectivity index (χ4n) is 1.86. The SMILES string of the molecule is CN(Cc1cccc(Br)c1)C(=O)c1cccc(Br)c1F. The van der Waals surface area contributed by atoms with E-state index in [2.05, 4.69) is 31.9 Å². The second-order valence-corrected chi connectivity index (χ2v) is 6.16. The highest BCUT2D eigenvalue weighted by molar-refractivity contribution is 9.10. The van der Waals surface area contributed by atoms with E-state index >= 15 is 0 Å². The Morgan fingerprint density at radius 1 is 1.20 bits per heavy atom. The van der Waals surface area contributed by atoms with Crippen molar-refractivity contribution in [2.75, 3.05) is 7.05 Å². The average molecular weight is 401 g/mol. The van der Waals surface area contributed by atoms with Gasteiger partial charge in [-0.3, -0.25) is 4.79 Å². The molecule has 0 saturated carbocycles. The van der Waals surface area contributed by atoms with E-state index in [4.69, 9.17) is 0 Å². The Balaban J connectivity index is 2.19. The summed E-state index contributed by atoms with van der Waals surface area (Å²) in [7, 11) is 1.66. The maximum atomic E-state index is 13.9. The highest BCUT2D eigenvalue weighted by Gasteiger charge is 2.17. The molecule has 104 valence electrons. The fourth-order valence-corrected chi connectivity index (χ4v) is 2.67. The fraction of sp³-hybridized carbons (Fsp3) is 0.133. The third kappa shape index (κ3) is 3.46. The maximum absolute atomic E-state index is 13.9. The standard InChI is InChI=1S/C15H12Br2FNO/c1-19(9-10-4-2-5-11(16)8-10)15(20)12-6-3-7-13(17)14(12)18/h2-8H,9H2,1H3. The minimum atomic E-state index is -0.529. The Morgan fingerprint density at radius 3 is 2.60 bits per heavy atom. The van der Waals surface area contributed by atoms with Crippen LogP contribution < -0.4 is 0 Å². The summed E-state index contributed by atoms with van der Waals surface area (Å²) in [4.78, 5) is 13.8. The quantitative estimate of drug-likeness (QED) is 0.735. The lowest BCUT2D eigenvalue weighted by atomic mass is 10.1. The number of carbonyl (C=O) groups excluding carboxylic acids is 1. The Labute approximate surface area is 133 Å². The van der Waals surface area contributed by atoms with Crippen LogP contribution in [0.5, 0.6) is 0 Å². The smallest absolute Gasteiger partial charge is 0.256 e. The lowest BCUT2D eigenvalue weighted by molar-refractivity contribution is 0.0780. The molecule has 0 aromatic heterocycles. The zero-order valence-electron chi connectivity index (χ0n) is 10.7. The third-order valence-electron chi connectivity index (χ3n) is 2.84. The molecule has 5 heteroatoms. The Kier molecular flexibility index (Phi) is 4.94. The molecule has 0 N–H and O–H groups in total. The highest BCUT2D eigenvalue weighted by Crippen LogP contribution is 2.20. The number of carbonyl (C=O) groups is 1. The molecule has 0 atom stereocenters. The lowest BCUT2D eigenvalue weighted by Gasteiger charge is -2.18. The largest absolute Gasteiger partial charge is 0.337 e. The predicted molar refractivity (Wildman–Crippen MR) is 84.0 cm³/mol. The van der Waals surface area contributed by atoms with Crippen LogP contribution in [0, 0.1) is 5.82 Å². The zero-order chi connectivity index (χ0) is 14.7. The van der Waals surface area contributed by atoms with Gasteiger partial charge in [-0.05, 0) is 45.8 Å². The summed E-state index contributed by atoms with van der Waals surface area (Å²) in [6.07, 6.45) is 0. The van der Waals surface area contributed by atoms with Gasteiger partial charge >= 0.3 is 0 Å². The van der Waals surface area contributed by atoms with Crippen LogP contribution in [0.3, 0.4) is 0 Å². The van der Waals surface area contributed by atoms with E-state index in [0.717, 1.165) is 10.0 Å². The molecule has 2 aromatic carbocycles. The number of benzene rings is 2. The van der Waals surface area contributed by atoms with Crippen molar-refractivity contribution >= 4 is 37.8 Å². The number of hydrogen-bond donors (Lipinski definition) is 0. The molecule has 0 bridgehead atoms. The summed E-state index contributed by atoms with van der Waals surface area (Å²) >= 11 is 6.47. The zero-order valence-corrected chi connectivity index (χ0v) is 13.9. The average Bonchev–Trinajstić information content (AvgIpc) is 2.41. The second-order valence-electron chi connectivity index (χ2n) is 4.39. The highest BCUT2D eigenvalue weighted by atomic mass is 79.9. The van der Waals surface area contributed by atoms with Gasteiger partial charge in [0.2, 0.25) is 0 Å². The second kappa shape index (κ2) is 6.50. The van der Waals surface area contributed by atoms with Gasteiger partial charge in [-0.2, -0.15) is 0 Å². The van der Waals surface area contributed by atoms with Crippen molar-refractivity contribution in [2.45, 2.75) is 6.54 Å². The topological polar surface area (TPSA) is 20.3 Å². The van der Waals surface area contributed by atoms with Crippen LogP contribution in [-0.4, -0.2) is 17.9 Å². The molecule has 0 radical (unpaired) electrons. The number of amides is 1. The molecule has 0 unspecified atom stereocenters. The summed E-state index contributed by atoms with van der Waals surface area (Å²) < 4.78 is 15.2. The molecular weight excluding hydrogens is 389 g/mol. The van der Waals surface area contributed by atoms with Gasteiger partial charge in [0.05, 0.1) is 10.0 Å². The molecular formula is C15H12Br2FNO. The third-order valence-corrected chi connectivity index (χ3v) is 3.94. The molecule has 20 heavy (non-hydrogen) atoms. The van der Waals surface area contributed by atoms with Crippen LogP contribution >= 0.6 is 31.9 Å². The summed E-state index contributed by atoms with van der Waals surface area (Å²) in [5.41, 5.74) is 1.04. The predicted octanol–water partition coefficient (Wildman–Crippen LogP) is 4.62. The lowest BCUT2D eigenvalue weighted by Crippen LogP contribution is -2.27. The van der Waals surface area contributed by atoms with E-state index in [-0.39, 0.29) is 11.5 Å². The van der Waals surface area contributed by atoms with Crippen molar-refractivity contribution in [1.29, 1.82) is 0 Å². The van der Waals surface area contributed by atoms with Gasteiger partial charge in [0.15, 0.2) is 0 Å². The van der Waals surface area contributed by atoms with Crippen molar-refractivity contribution in [3.05, 3.63) is 68.4 Å². The van der Waals surface area contributed by atoms with E-state index < -0.39 is 5.82 Å². The summed E-state index contributed by atoms with van der Waals surface area (Å²) in [6.45, 7) is 0.421. The molecule has 2 rings (SSSR count). The Hall–Kier alpha value is -1.20. The van der Waals surface area contributed by atoms with Gasteiger partial charge in [0.1, 0.15) is 5.82 Å². The molecule has 0 fully saturated rings. The summed E-state index contributed by atoms with van der Waals surface area (Å²) in [6, 6.07) is 12.4. The van der Waals surface area contributed by atoms with Crippen LogP contribution in [0.1, 0.15) is 15.9 Å². The Bertz CT molecular complexity index is 646. The monoisotopic (exact) mass is 399 g/mol. The normalized spacial score (nSPS) is 10.4. The molecule has 0 heterocycles. The van der Waals surface area contributed by atoms with Gasteiger partial charge in [-0.15, -0.1) is 0 Å². The van der Waals surface area contributed by atoms with Gasteiger partial charge in [0.25, 0.3) is 5.91 Å². The van der Waals surface area contributed by atoms with Crippen LogP contribution in [0.15, 0.2) is 51.4 Å². The van der Waals surface area contributed by atoms with Crippen molar-refractivity contribution in [2.24, 2.45) is 0 Å². The molecule has 2 aromatic rings. The number of rotatable bonds is 3. The van der Waals surface area contributed by atoms with E-state index in [1.165, 1.54) is 11.0 Å². The first-order chi connectivity index (χ1) is 9.49. The van der Waals surface area contributed by atoms with Crippen LogP contribution in [0.4, 0.5) is 4.39 Å². The van der Waals surface area contributed by atoms with Crippen molar-refractivity contribution in [1.82, 2.24) is 4.90 Å². The van der Waals surface area contributed by atoms with Gasteiger partial charge < -0.3 is 4.90 Å². The first-order valence-electron chi connectivity index (χ1n) is 5.93. The van der Waals surface area contributed by atoms with E-state index in [1.54, 1.807) is 19.2 Å². The number of nitrogens with zero attached hydrogens (tertiary/aromatic N) is 1. The molecule has 0 spiro atoms.